The van der Waals surface area contributed by atoms with Gasteiger partial charge in [-0.25, -0.2) is 13.1 Å². The SMILES string of the molecule is Cc1ccc(N)c(S(=O)(=O)NCC(C)(C)C)c1C. The first-order chi connectivity index (χ1) is 8.04. The van der Waals surface area contributed by atoms with Crippen LogP contribution in [0.15, 0.2) is 17.0 Å². The van der Waals surface area contributed by atoms with Crippen LogP contribution in [0, 0.1) is 19.3 Å². The Balaban J connectivity index is 3.18. The molecule has 0 spiro atoms. The summed E-state index contributed by atoms with van der Waals surface area (Å²) in [7, 11) is -3.55. The summed E-state index contributed by atoms with van der Waals surface area (Å²) in [6.45, 7) is 9.95. The number of nitrogens with two attached hydrogens (primary N) is 1. The summed E-state index contributed by atoms with van der Waals surface area (Å²) in [4.78, 5) is 0.201. The summed E-state index contributed by atoms with van der Waals surface area (Å²) in [6.07, 6.45) is 0. The van der Waals surface area contributed by atoms with Gasteiger partial charge in [0.1, 0.15) is 4.90 Å². The van der Waals surface area contributed by atoms with Gasteiger partial charge in [-0.3, -0.25) is 0 Å². The van der Waals surface area contributed by atoms with E-state index in [1.165, 1.54) is 0 Å². The molecule has 102 valence electrons. The molecule has 0 amide bonds. The first-order valence-electron chi connectivity index (χ1n) is 5.90. The van der Waals surface area contributed by atoms with Gasteiger partial charge in [0.2, 0.25) is 10.0 Å². The van der Waals surface area contributed by atoms with Gasteiger partial charge in [-0.15, -0.1) is 0 Å². The van der Waals surface area contributed by atoms with Gasteiger partial charge in [-0.1, -0.05) is 26.8 Å². The van der Waals surface area contributed by atoms with E-state index in [2.05, 4.69) is 4.72 Å². The molecule has 0 aliphatic rings. The monoisotopic (exact) mass is 270 g/mol. The van der Waals surface area contributed by atoms with Crippen LogP contribution >= 0.6 is 0 Å². The molecule has 5 heteroatoms. The maximum Gasteiger partial charge on any atom is 0.242 e. The summed E-state index contributed by atoms with van der Waals surface area (Å²) in [5.41, 5.74) is 7.60. The minimum Gasteiger partial charge on any atom is -0.398 e. The van der Waals surface area contributed by atoms with Crippen molar-refractivity contribution in [2.75, 3.05) is 12.3 Å². The minimum atomic E-state index is -3.55. The number of hydrogen-bond donors (Lipinski definition) is 2. The van der Waals surface area contributed by atoms with Crippen molar-refractivity contribution >= 4 is 15.7 Å². The highest BCUT2D eigenvalue weighted by atomic mass is 32.2. The summed E-state index contributed by atoms with van der Waals surface area (Å²) < 4.78 is 27.2. The second-order valence-corrected chi connectivity index (χ2v) is 7.51. The highest BCUT2D eigenvalue weighted by Gasteiger charge is 2.23. The molecule has 1 aromatic carbocycles. The Morgan fingerprint density at radius 3 is 2.28 bits per heavy atom. The third kappa shape index (κ3) is 3.46. The van der Waals surface area contributed by atoms with Crippen LogP contribution in [0.2, 0.25) is 0 Å². The van der Waals surface area contributed by atoms with Gasteiger partial charge in [0.05, 0.1) is 5.69 Å². The topological polar surface area (TPSA) is 72.2 Å². The summed E-state index contributed by atoms with van der Waals surface area (Å²) >= 11 is 0. The van der Waals surface area contributed by atoms with Crippen molar-refractivity contribution in [3.63, 3.8) is 0 Å². The number of nitrogen functional groups attached to an aromatic ring is 1. The zero-order valence-electron chi connectivity index (χ0n) is 11.7. The fourth-order valence-corrected chi connectivity index (χ4v) is 3.26. The third-order valence-electron chi connectivity index (χ3n) is 2.77. The Hall–Kier alpha value is -1.07. The fraction of sp³-hybridized carbons (Fsp3) is 0.538. The third-order valence-corrected chi connectivity index (χ3v) is 4.37. The number of sulfonamides is 1. The van der Waals surface area contributed by atoms with Crippen molar-refractivity contribution in [1.82, 2.24) is 4.72 Å². The molecule has 18 heavy (non-hydrogen) atoms. The zero-order chi connectivity index (χ0) is 14.1. The van der Waals surface area contributed by atoms with E-state index in [1.54, 1.807) is 13.0 Å². The van der Waals surface area contributed by atoms with Gasteiger partial charge in [0.25, 0.3) is 0 Å². The average molecular weight is 270 g/mol. The molecule has 0 aliphatic carbocycles. The predicted octanol–water partition coefficient (Wildman–Crippen LogP) is 2.21. The van der Waals surface area contributed by atoms with Gasteiger partial charge < -0.3 is 5.73 Å². The van der Waals surface area contributed by atoms with Crippen molar-refractivity contribution in [1.29, 1.82) is 0 Å². The first kappa shape index (κ1) is 15.0. The van der Waals surface area contributed by atoms with Crippen LogP contribution in [0.5, 0.6) is 0 Å². The van der Waals surface area contributed by atoms with Crippen LogP contribution in [-0.4, -0.2) is 15.0 Å². The van der Waals surface area contributed by atoms with Crippen LogP contribution in [0.4, 0.5) is 5.69 Å². The largest absolute Gasteiger partial charge is 0.398 e. The molecule has 4 nitrogen and oxygen atoms in total. The normalized spacial score (nSPS) is 12.7. The lowest BCUT2D eigenvalue weighted by molar-refractivity contribution is 0.407. The molecule has 1 aromatic rings. The van der Waals surface area contributed by atoms with Crippen molar-refractivity contribution < 1.29 is 8.42 Å². The van der Waals surface area contributed by atoms with Crippen molar-refractivity contribution in [2.24, 2.45) is 5.41 Å². The minimum absolute atomic E-state index is 0.112. The Morgan fingerprint density at radius 1 is 1.22 bits per heavy atom. The van der Waals surface area contributed by atoms with E-state index in [0.717, 1.165) is 5.56 Å². The number of aryl methyl sites for hydroxylation is 1. The summed E-state index contributed by atoms with van der Waals surface area (Å²) in [5.74, 6) is 0. The zero-order valence-corrected chi connectivity index (χ0v) is 12.5. The molecule has 1 rings (SSSR count). The van der Waals surface area contributed by atoms with E-state index in [0.29, 0.717) is 17.8 Å². The summed E-state index contributed by atoms with van der Waals surface area (Å²) in [6, 6.07) is 3.46. The number of benzene rings is 1. The van der Waals surface area contributed by atoms with Crippen LogP contribution in [0.3, 0.4) is 0 Å². The van der Waals surface area contributed by atoms with E-state index in [4.69, 9.17) is 5.73 Å². The molecule has 0 heterocycles. The van der Waals surface area contributed by atoms with Crippen molar-refractivity contribution in [3.8, 4) is 0 Å². The van der Waals surface area contributed by atoms with E-state index >= 15 is 0 Å². The standard InChI is InChI=1S/C13H22N2O2S/c1-9-6-7-11(14)12(10(9)2)18(16,17)15-8-13(3,4)5/h6-7,15H,8,14H2,1-5H3. The highest BCUT2D eigenvalue weighted by Crippen LogP contribution is 2.25. The molecule has 0 radical (unpaired) electrons. The molecule has 0 fully saturated rings. The number of hydrogen-bond acceptors (Lipinski definition) is 3. The second-order valence-electron chi connectivity index (χ2n) is 5.81. The van der Waals surface area contributed by atoms with Crippen LogP contribution < -0.4 is 10.5 Å². The molecular weight excluding hydrogens is 248 g/mol. The number of rotatable bonds is 3. The highest BCUT2D eigenvalue weighted by molar-refractivity contribution is 7.89. The summed E-state index contributed by atoms with van der Waals surface area (Å²) in [5, 5.41) is 0. The quantitative estimate of drug-likeness (QED) is 0.827. The molecule has 0 bridgehead atoms. The lowest BCUT2D eigenvalue weighted by atomic mass is 9.98. The van der Waals surface area contributed by atoms with Gasteiger partial charge in [-0.2, -0.15) is 0 Å². The lowest BCUT2D eigenvalue weighted by Gasteiger charge is -2.20. The molecule has 0 aromatic heterocycles. The van der Waals surface area contributed by atoms with E-state index < -0.39 is 10.0 Å². The molecule has 0 saturated heterocycles. The van der Waals surface area contributed by atoms with Gasteiger partial charge in [0.15, 0.2) is 0 Å². The first-order valence-corrected chi connectivity index (χ1v) is 7.38. The average Bonchev–Trinajstić information content (AvgIpc) is 2.20. The maximum atomic E-state index is 12.3. The molecule has 0 saturated carbocycles. The molecule has 0 aliphatic heterocycles. The maximum absolute atomic E-state index is 12.3. The Morgan fingerprint density at radius 2 is 1.78 bits per heavy atom. The lowest BCUT2D eigenvalue weighted by Crippen LogP contribution is -2.33. The van der Waals surface area contributed by atoms with Gasteiger partial charge >= 0.3 is 0 Å². The van der Waals surface area contributed by atoms with E-state index in [-0.39, 0.29) is 10.3 Å². The molecule has 3 N–H and O–H groups in total. The number of anilines is 1. The van der Waals surface area contributed by atoms with E-state index in [1.807, 2.05) is 33.8 Å². The smallest absolute Gasteiger partial charge is 0.242 e. The Bertz CT molecular complexity index is 543. The van der Waals surface area contributed by atoms with Gasteiger partial charge in [0, 0.05) is 6.54 Å². The molecular formula is C13H22N2O2S. The predicted molar refractivity (Wildman–Crippen MR) is 75.0 cm³/mol. The van der Waals surface area contributed by atoms with E-state index in [9.17, 15) is 8.42 Å². The van der Waals surface area contributed by atoms with Gasteiger partial charge in [-0.05, 0) is 36.5 Å². The van der Waals surface area contributed by atoms with Crippen molar-refractivity contribution in [3.05, 3.63) is 23.3 Å². The fourth-order valence-electron chi connectivity index (χ4n) is 1.55. The molecule has 0 unspecified atom stereocenters. The molecule has 0 atom stereocenters. The Labute approximate surface area is 110 Å². The van der Waals surface area contributed by atoms with Crippen molar-refractivity contribution in [2.45, 2.75) is 39.5 Å². The van der Waals surface area contributed by atoms with Crippen LogP contribution in [0.25, 0.3) is 0 Å². The Kier molecular flexibility index (Phi) is 4.08. The van der Waals surface area contributed by atoms with Crippen LogP contribution in [-0.2, 0) is 10.0 Å². The van der Waals surface area contributed by atoms with Crippen LogP contribution in [0.1, 0.15) is 31.9 Å². The number of nitrogens with one attached hydrogen (secondary N) is 1. The second kappa shape index (κ2) is 4.90.